The Morgan fingerprint density at radius 2 is 2.05 bits per heavy atom. The van der Waals surface area contributed by atoms with E-state index in [2.05, 4.69) is 19.2 Å². The lowest BCUT2D eigenvalue weighted by Crippen LogP contribution is -2.30. The zero-order chi connectivity index (χ0) is 16.5. The molecule has 0 spiro atoms. The van der Waals surface area contributed by atoms with E-state index in [1.807, 2.05) is 13.8 Å². The molecule has 22 heavy (non-hydrogen) atoms. The van der Waals surface area contributed by atoms with Crippen LogP contribution in [0, 0.1) is 29.6 Å². The number of rotatable bonds is 4. The summed E-state index contributed by atoms with van der Waals surface area (Å²) in [6.45, 7) is 12.0. The molecular formula is C17H20N2O2S. The predicted octanol–water partition coefficient (Wildman–Crippen LogP) is 2.89. The standard InChI is InChI=1S/C17H20N2O2S/c1-5-17(4)12-19(11-16(17)14(3)10-18)22(20,21)15-8-6-13(2)7-9-15/h5-9,16H,1,3,11-12H2,2,4H3/t16-,17-/m1/s1. The predicted molar refractivity (Wildman–Crippen MR) is 86.5 cm³/mol. The third kappa shape index (κ3) is 2.72. The lowest BCUT2D eigenvalue weighted by molar-refractivity contribution is 0.379. The van der Waals surface area contributed by atoms with Crippen LogP contribution in [0.2, 0.25) is 0 Å². The van der Waals surface area contributed by atoms with Gasteiger partial charge in [0.2, 0.25) is 10.0 Å². The molecule has 2 atom stereocenters. The molecule has 1 aromatic carbocycles. The van der Waals surface area contributed by atoms with E-state index in [4.69, 9.17) is 5.26 Å². The second kappa shape index (κ2) is 5.71. The lowest BCUT2D eigenvalue weighted by atomic mass is 9.77. The molecule has 0 amide bonds. The van der Waals surface area contributed by atoms with Crippen LogP contribution in [-0.4, -0.2) is 25.8 Å². The first-order chi connectivity index (χ1) is 10.2. The van der Waals surface area contributed by atoms with E-state index in [9.17, 15) is 8.42 Å². The highest BCUT2D eigenvalue weighted by atomic mass is 32.2. The first-order valence-corrected chi connectivity index (χ1v) is 8.48. The first kappa shape index (κ1) is 16.5. The van der Waals surface area contributed by atoms with Crippen LogP contribution in [0.15, 0.2) is 54.0 Å². The van der Waals surface area contributed by atoms with Crippen LogP contribution in [-0.2, 0) is 10.0 Å². The summed E-state index contributed by atoms with van der Waals surface area (Å²) in [5, 5.41) is 9.11. The summed E-state index contributed by atoms with van der Waals surface area (Å²) in [6, 6.07) is 8.84. The Labute approximate surface area is 132 Å². The van der Waals surface area contributed by atoms with Crippen molar-refractivity contribution < 1.29 is 8.42 Å². The fourth-order valence-corrected chi connectivity index (χ4v) is 4.37. The van der Waals surface area contributed by atoms with Crippen molar-refractivity contribution in [3.05, 3.63) is 54.6 Å². The van der Waals surface area contributed by atoms with Gasteiger partial charge in [-0.2, -0.15) is 9.57 Å². The molecule has 4 nitrogen and oxygen atoms in total. The number of hydrogen-bond donors (Lipinski definition) is 0. The minimum absolute atomic E-state index is 0.241. The van der Waals surface area contributed by atoms with Gasteiger partial charge in [0.05, 0.1) is 11.0 Å². The van der Waals surface area contributed by atoms with Gasteiger partial charge < -0.3 is 0 Å². The molecule has 2 rings (SSSR count). The van der Waals surface area contributed by atoms with Gasteiger partial charge in [0, 0.05) is 30.0 Å². The van der Waals surface area contributed by atoms with Crippen LogP contribution >= 0.6 is 0 Å². The second-order valence-corrected chi connectivity index (χ2v) is 7.95. The van der Waals surface area contributed by atoms with Crippen molar-refractivity contribution in [1.82, 2.24) is 4.31 Å². The zero-order valence-corrected chi connectivity index (χ0v) is 13.7. The van der Waals surface area contributed by atoms with E-state index in [0.29, 0.717) is 12.1 Å². The monoisotopic (exact) mass is 316 g/mol. The Balaban J connectivity index is 2.38. The van der Waals surface area contributed by atoms with Crippen molar-refractivity contribution in [2.45, 2.75) is 18.7 Å². The molecule has 1 aliphatic rings. The van der Waals surface area contributed by atoms with E-state index in [1.54, 1.807) is 30.3 Å². The summed E-state index contributed by atoms with van der Waals surface area (Å²) in [4.78, 5) is 0.271. The number of benzene rings is 1. The van der Waals surface area contributed by atoms with Gasteiger partial charge in [0.15, 0.2) is 0 Å². The molecule has 0 N–H and O–H groups in total. The summed E-state index contributed by atoms with van der Waals surface area (Å²) >= 11 is 0. The lowest BCUT2D eigenvalue weighted by Gasteiger charge is -2.25. The second-order valence-electron chi connectivity index (χ2n) is 6.01. The summed E-state index contributed by atoms with van der Waals surface area (Å²) in [7, 11) is -3.58. The van der Waals surface area contributed by atoms with Gasteiger partial charge in [-0.1, -0.05) is 37.3 Å². The SMILES string of the molecule is C=C[C@]1(C)CN(S(=O)(=O)c2ccc(C)cc2)C[C@@H]1C(=C)C#N. The third-order valence-corrected chi connectivity index (χ3v) is 6.21. The van der Waals surface area contributed by atoms with Crippen LogP contribution in [0.3, 0.4) is 0 Å². The van der Waals surface area contributed by atoms with E-state index in [0.717, 1.165) is 5.56 Å². The van der Waals surface area contributed by atoms with Crippen molar-refractivity contribution in [1.29, 1.82) is 5.26 Å². The molecule has 0 bridgehead atoms. The smallest absolute Gasteiger partial charge is 0.207 e. The van der Waals surface area contributed by atoms with Crippen molar-refractivity contribution in [2.24, 2.45) is 11.3 Å². The topological polar surface area (TPSA) is 61.2 Å². The Morgan fingerprint density at radius 1 is 1.45 bits per heavy atom. The molecule has 0 unspecified atom stereocenters. The summed E-state index contributed by atoms with van der Waals surface area (Å²) in [5.41, 5.74) is 0.918. The Kier molecular flexibility index (Phi) is 4.28. The third-order valence-electron chi connectivity index (χ3n) is 4.39. The van der Waals surface area contributed by atoms with Crippen LogP contribution in [0.25, 0.3) is 0 Å². The minimum atomic E-state index is -3.58. The molecule has 0 aliphatic carbocycles. The normalized spacial score (nSPS) is 25.6. The maximum atomic E-state index is 12.8. The van der Waals surface area contributed by atoms with E-state index in [1.165, 1.54) is 4.31 Å². The molecule has 5 heteroatoms. The minimum Gasteiger partial charge on any atom is -0.207 e. The number of nitriles is 1. The summed E-state index contributed by atoms with van der Waals surface area (Å²) in [6.07, 6.45) is 1.73. The maximum absolute atomic E-state index is 12.8. The largest absolute Gasteiger partial charge is 0.243 e. The molecule has 1 heterocycles. The van der Waals surface area contributed by atoms with Crippen LogP contribution in [0.4, 0.5) is 0 Å². The Morgan fingerprint density at radius 3 is 2.55 bits per heavy atom. The van der Waals surface area contributed by atoms with E-state index >= 15 is 0 Å². The highest BCUT2D eigenvalue weighted by Gasteiger charge is 2.46. The fraction of sp³-hybridized carbons (Fsp3) is 0.353. The van der Waals surface area contributed by atoms with Gasteiger partial charge in [-0.05, 0) is 19.1 Å². The van der Waals surface area contributed by atoms with Gasteiger partial charge in [-0.15, -0.1) is 6.58 Å². The zero-order valence-electron chi connectivity index (χ0n) is 12.9. The van der Waals surface area contributed by atoms with Crippen LogP contribution in [0.1, 0.15) is 12.5 Å². The fourth-order valence-electron chi connectivity index (χ4n) is 2.80. The number of nitrogens with zero attached hydrogens (tertiary/aromatic N) is 2. The number of hydrogen-bond acceptors (Lipinski definition) is 3. The Hall–Kier alpha value is -1.90. The number of aryl methyl sites for hydroxylation is 1. The van der Waals surface area contributed by atoms with Crippen LogP contribution < -0.4 is 0 Å². The molecule has 116 valence electrons. The molecule has 0 saturated carbocycles. The average molecular weight is 316 g/mol. The highest BCUT2D eigenvalue weighted by molar-refractivity contribution is 7.89. The summed E-state index contributed by atoms with van der Waals surface area (Å²) in [5.74, 6) is -0.241. The summed E-state index contributed by atoms with van der Waals surface area (Å²) < 4.78 is 27.0. The van der Waals surface area contributed by atoms with Gasteiger partial charge in [-0.25, -0.2) is 8.42 Å². The van der Waals surface area contributed by atoms with E-state index < -0.39 is 15.4 Å². The molecule has 1 aliphatic heterocycles. The van der Waals surface area contributed by atoms with Gasteiger partial charge >= 0.3 is 0 Å². The van der Waals surface area contributed by atoms with Gasteiger partial charge in [0.1, 0.15) is 0 Å². The van der Waals surface area contributed by atoms with Crippen molar-refractivity contribution in [2.75, 3.05) is 13.1 Å². The highest BCUT2D eigenvalue weighted by Crippen LogP contribution is 2.42. The van der Waals surface area contributed by atoms with Gasteiger partial charge in [0.25, 0.3) is 0 Å². The molecule has 0 aromatic heterocycles. The number of sulfonamides is 1. The average Bonchev–Trinajstić information content (AvgIpc) is 2.86. The molecular weight excluding hydrogens is 296 g/mol. The van der Waals surface area contributed by atoms with Crippen molar-refractivity contribution in [3.8, 4) is 6.07 Å². The van der Waals surface area contributed by atoms with Crippen molar-refractivity contribution in [3.63, 3.8) is 0 Å². The van der Waals surface area contributed by atoms with E-state index in [-0.39, 0.29) is 17.4 Å². The first-order valence-electron chi connectivity index (χ1n) is 7.04. The molecule has 1 aromatic rings. The molecule has 0 radical (unpaired) electrons. The van der Waals surface area contributed by atoms with Gasteiger partial charge in [-0.3, -0.25) is 0 Å². The maximum Gasteiger partial charge on any atom is 0.243 e. The Bertz CT molecular complexity index is 744. The van der Waals surface area contributed by atoms with Crippen molar-refractivity contribution >= 4 is 10.0 Å². The molecule has 1 fully saturated rings. The quantitative estimate of drug-likeness (QED) is 0.634. The van der Waals surface area contributed by atoms with Crippen LogP contribution in [0.5, 0.6) is 0 Å². The molecule has 1 saturated heterocycles.